The number of benzene rings is 9. The molecule has 0 unspecified atom stereocenters. The summed E-state index contributed by atoms with van der Waals surface area (Å²) in [4.78, 5) is 0. The second-order valence-corrected chi connectivity index (χ2v) is 13.5. The minimum atomic E-state index is 1.23. The Labute approximate surface area is 276 Å². The maximum absolute atomic E-state index is 2.36. The van der Waals surface area contributed by atoms with E-state index in [2.05, 4.69) is 170 Å². The van der Waals surface area contributed by atoms with Crippen molar-refractivity contribution in [3.8, 4) is 33.4 Å². The van der Waals surface area contributed by atoms with Crippen LogP contribution in [0.3, 0.4) is 0 Å². The third kappa shape index (κ3) is 4.07. The molecule has 0 atom stereocenters. The Bertz CT molecular complexity index is 2780. The Balaban J connectivity index is 1.19. The zero-order valence-corrected chi connectivity index (χ0v) is 26.4. The Hall–Kier alpha value is -5.76. The van der Waals surface area contributed by atoms with Crippen LogP contribution >= 0.6 is 11.3 Å². The molecule has 1 heterocycles. The van der Waals surface area contributed by atoms with Gasteiger partial charge in [0.15, 0.2) is 0 Å². The van der Waals surface area contributed by atoms with E-state index in [0.29, 0.717) is 0 Å². The monoisotopic (exact) mass is 612 g/mol. The van der Waals surface area contributed by atoms with Gasteiger partial charge >= 0.3 is 0 Å². The molecule has 10 aromatic rings. The summed E-state index contributed by atoms with van der Waals surface area (Å²) < 4.78 is 2.68. The van der Waals surface area contributed by atoms with Gasteiger partial charge in [0, 0.05) is 20.2 Å². The fourth-order valence-electron chi connectivity index (χ4n) is 7.73. The third-order valence-electron chi connectivity index (χ3n) is 9.85. The predicted molar refractivity (Wildman–Crippen MR) is 206 cm³/mol. The molecule has 47 heavy (non-hydrogen) atoms. The Morgan fingerprint density at radius 3 is 1.57 bits per heavy atom. The molecule has 0 radical (unpaired) electrons. The van der Waals surface area contributed by atoms with Crippen molar-refractivity contribution >= 4 is 74.6 Å². The van der Waals surface area contributed by atoms with Crippen molar-refractivity contribution in [3.05, 3.63) is 170 Å². The minimum Gasteiger partial charge on any atom is -0.135 e. The smallest absolute Gasteiger partial charge is 0.0355 e. The molecule has 0 aliphatic rings. The van der Waals surface area contributed by atoms with Crippen molar-refractivity contribution in [2.75, 3.05) is 0 Å². The predicted octanol–water partition coefficient (Wildman–Crippen LogP) is 13.7. The van der Waals surface area contributed by atoms with Crippen LogP contribution in [0.1, 0.15) is 0 Å². The Kier molecular flexibility index (Phi) is 5.85. The van der Waals surface area contributed by atoms with Crippen LogP contribution < -0.4 is 0 Å². The molecule has 1 aromatic heterocycles. The van der Waals surface area contributed by atoms with Crippen LogP contribution in [0.15, 0.2) is 170 Å². The number of fused-ring (bicyclic) bond motifs is 8. The quantitative estimate of drug-likeness (QED) is 0.138. The Morgan fingerprint density at radius 1 is 0.298 bits per heavy atom. The van der Waals surface area contributed by atoms with Crippen LogP contribution in [-0.2, 0) is 0 Å². The highest BCUT2D eigenvalue weighted by molar-refractivity contribution is 7.25. The molecule has 218 valence electrons. The summed E-state index contributed by atoms with van der Waals surface area (Å²) in [6.07, 6.45) is 0. The lowest BCUT2D eigenvalue weighted by molar-refractivity contribution is 1.64. The fourth-order valence-corrected chi connectivity index (χ4v) is 8.82. The van der Waals surface area contributed by atoms with E-state index in [1.54, 1.807) is 0 Å². The largest absolute Gasteiger partial charge is 0.135 e. The topological polar surface area (TPSA) is 0 Å². The second kappa shape index (κ2) is 10.4. The van der Waals surface area contributed by atoms with Crippen molar-refractivity contribution < 1.29 is 0 Å². The molecular weight excluding hydrogens is 585 g/mol. The van der Waals surface area contributed by atoms with Crippen LogP contribution in [0.25, 0.3) is 96.6 Å². The molecule has 0 nitrogen and oxygen atoms in total. The summed E-state index contributed by atoms with van der Waals surface area (Å²) in [5.74, 6) is 0. The minimum absolute atomic E-state index is 1.23. The SMILES string of the molecule is c1ccc2c(c1)ccc1cccc(-c3c4ccccc4c(-c4ccc(-c5ccc6sc7ccccc7c6c5)cc4)c4ccccc34)c12. The van der Waals surface area contributed by atoms with E-state index in [1.807, 2.05) is 11.3 Å². The number of rotatable bonds is 3. The van der Waals surface area contributed by atoms with Crippen molar-refractivity contribution in [1.29, 1.82) is 0 Å². The second-order valence-electron chi connectivity index (χ2n) is 12.4. The first-order valence-corrected chi connectivity index (χ1v) is 17.0. The van der Waals surface area contributed by atoms with Gasteiger partial charge in [-0.25, -0.2) is 0 Å². The molecular formula is C46H28S. The number of thiophene rings is 1. The van der Waals surface area contributed by atoms with E-state index in [1.165, 1.54) is 96.6 Å². The van der Waals surface area contributed by atoms with E-state index >= 15 is 0 Å². The van der Waals surface area contributed by atoms with Gasteiger partial charge in [-0.15, -0.1) is 11.3 Å². The standard InChI is InChI=1S/C46H28S/c1-2-12-34-30(10-1)22-25-31-11-9-18-40(44(31)34)46-38-16-5-3-14-36(38)45(37-15-4-6-17-39(37)46)32-23-20-29(21-24-32)33-26-27-43-41(28-33)35-13-7-8-19-42(35)47-43/h1-28H. The summed E-state index contributed by atoms with van der Waals surface area (Å²) in [5, 5.41) is 12.9. The van der Waals surface area contributed by atoms with Gasteiger partial charge in [0.25, 0.3) is 0 Å². The lowest BCUT2D eigenvalue weighted by Gasteiger charge is -2.19. The van der Waals surface area contributed by atoms with Crippen LogP contribution in [-0.4, -0.2) is 0 Å². The Morgan fingerprint density at radius 2 is 0.830 bits per heavy atom. The van der Waals surface area contributed by atoms with Gasteiger partial charge in [0.05, 0.1) is 0 Å². The fraction of sp³-hybridized carbons (Fsp3) is 0. The van der Waals surface area contributed by atoms with Gasteiger partial charge in [-0.3, -0.25) is 0 Å². The van der Waals surface area contributed by atoms with Crippen LogP contribution in [0, 0.1) is 0 Å². The van der Waals surface area contributed by atoms with Gasteiger partial charge in [-0.05, 0) is 94.7 Å². The molecule has 0 aliphatic heterocycles. The van der Waals surface area contributed by atoms with Gasteiger partial charge in [-0.1, -0.05) is 152 Å². The van der Waals surface area contributed by atoms with Crippen LogP contribution in [0.5, 0.6) is 0 Å². The summed E-state index contributed by atoms with van der Waals surface area (Å²) in [7, 11) is 0. The molecule has 0 saturated heterocycles. The summed E-state index contributed by atoms with van der Waals surface area (Å²) in [5.41, 5.74) is 7.59. The third-order valence-corrected chi connectivity index (χ3v) is 11.0. The molecule has 0 aliphatic carbocycles. The molecule has 0 bridgehead atoms. The lowest BCUT2D eigenvalue weighted by atomic mass is 9.84. The highest BCUT2D eigenvalue weighted by Crippen LogP contribution is 2.46. The van der Waals surface area contributed by atoms with Gasteiger partial charge in [-0.2, -0.15) is 0 Å². The number of hydrogen-bond donors (Lipinski definition) is 0. The van der Waals surface area contributed by atoms with E-state index in [9.17, 15) is 0 Å². The zero-order valence-electron chi connectivity index (χ0n) is 25.6. The average molecular weight is 613 g/mol. The molecule has 0 N–H and O–H groups in total. The van der Waals surface area contributed by atoms with Gasteiger partial charge < -0.3 is 0 Å². The van der Waals surface area contributed by atoms with Crippen molar-refractivity contribution in [2.24, 2.45) is 0 Å². The summed E-state index contributed by atoms with van der Waals surface area (Å²) in [6, 6.07) is 62.8. The summed E-state index contributed by atoms with van der Waals surface area (Å²) >= 11 is 1.87. The number of hydrogen-bond acceptors (Lipinski definition) is 1. The van der Waals surface area contributed by atoms with Gasteiger partial charge in [0.2, 0.25) is 0 Å². The first-order valence-electron chi connectivity index (χ1n) is 16.2. The molecule has 0 saturated carbocycles. The highest BCUT2D eigenvalue weighted by atomic mass is 32.1. The normalized spacial score (nSPS) is 11.8. The van der Waals surface area contributed by atoms with Crippen LogP contribution in [0.2, 0.25) is 0 Å². The van der Waals surface area contributed by atoms with Crippen molar-refractivity contribution in [1.82, 2.24) is 0 Å². The molecule has 0 amide bonds. The molecule has 9 aromatic carbocycles. The van der Waals surface area contributed by atoms with Crippen LogP contribution in [0.4, 0.5) is 0 Å². The maximum Gasteiger partial charge on any atom is 0.0355 e. The van der Waals surface area contributed by atoms with E-state index in [-0.39, 0.29) is 0 Å². The highest BCUT2D eigenvalue weighted by Gasteiger charge is 2.19. The van der Waals surface area contributed by atoms with E-state index in [4.69, 9.17) is 0 Å². The van der Waals surface area contributed by atoms with E-state index < -0.39 is 0 Å². The molecule has 0 spiro atoms. The summed E-state index contributed by atoms with van der Waals surface area (Å²) in [6.45, 7) is 0. The average Bonchev–Trinajstić information content (AvgIpc) is 3.52. The molecule has 0 fully saturated rings. The maximum atomic E-state index is 2.36. The molecule has 1 heteroatoms. The zero-order chi connectivity index (χ0) is 30.9. The van der Waals surface area contributed by atoms with Gasteiger partial charge in [0.1, 0.15) is 0 Å². The van der Waals surface area contributed by atoms with E-state index in [0.717, 1.165) is 0 Å². The lowest BCUT2D eigenvalue weighted by Crippen LogP contribution is -1.92. The first-order chi connectivity index (χ1) is 23.3. The van der Waals surface area contributed by atoms with Crippen molar-refractivity contribution in [3.63, 3.8) is 0 Å². The molecule has 10 rings (SSSR count). The first kappa shape index (κ1) is 26.5. The van der Waals surface area contributed by atoms with Crippen molar-refractivity contribution in [2.45, 2.75) is 0 Å².